The molecule has 0 atom stereocenters. The third kappa shape index (κ3) is 1.72. The summed E-state index contributed by atoms with van der Waals surface area (Å²) < 4.78 is 3.85. The highest BCUT2D eigenvalue weighted by Gasteiger charge is 2.08. The van der Waals surface area contributed by atoms with Crippen molar-refractivity contribution in [3.05, 3.63) is 54.0 Å². The molecule has 0 fully saturated rings. The molecule has 0 spiro atoms. The van der Waals surface area contributed by atoms with Crippen LogP contribution in [0.1, 0.15) is 16.1 Å². The molecule has 0 saturated heterocycles. The first-order chi connectivity index (χ1) is 8.78. The van der Waals surface area contributed by atoms with Crippen LogP contribution in [0, 0.1) is 0 Å². The standard InChI is InChI=1S/C14H13N3O/c1-16-14-5-3-2-4-12(14)13(15-16)9-17-7-6-11(8-17)10-18/h2-8,10H,9H2,1H3. The molecule has 4 nitrogen and oxygen atoms in total. The Bertz CT molecular complexity index is 709. The molecule has 2 aromatic heterocycles. The molecule has 0 N–H and O–H groups in total. The molecule has 0 radical (unpaired) electrons. The van der Waals surface area contributed by atoms with E-state index in [1.807, 2.05) is 40.8 Å². The number of carbonyl (C=O) groups is 1. The van der Waals surface area contributed by atoms with Crippen molar-refractivity contribution in [3.63, 3.8) is 0 Å². The minimum Gasteiger partial charge on any atom is -0.348 e. The summed E-state index contributed by atoms with van der Waals surface area (Å²) >= 11 is 0. The Labute approximate surface area is 104 Å². The summed E-state index contributed by atoms with van der Waals surface area (Å²) in [5.41, 5.74) is 2.83. The molecule has 3 aromatic rings. The Morgan fingerprint density at radius 2 is 2.11 bits per heavy atom. The van der Waals surface area contributed by atoms with Gasteiger partial charge in [-0.2, -0.15) is 5.10 Å². The third-order valence-electron chi connectivity index (χ3n) is 3.08. The van der Waals surface area contributed by atoms with Crippen molar-refractivity contribution >= 4 is 17.2 Å². The van der Waals surface area contributed by atoms with E-state index in [1.54, 1.807) is 6.07 Å². The van der Waals surface area contributed by atoms with Crippen LogP contribution in [0.4, 0.5) is 0 Å². The zero-order valence-electron chi connectivity index (χ0n) is 10.1. The lowest BCUT2D eigenvalue weighted by molar-refractivity contribution is 0.112. The van der Waals surface area contributed by atoms with Gasteiger partial charge < -0.3 is 4.57 Å². The number of aromatic nitrogens is 3. The normalized spacial score (nSPS) is 10.9. The smallest absolute Gasteiger partial charge is 0.151 e. The fourth-order valence-corrected chi connectivity index (χ4v) is 2.21. The van der Waals surface area contributed by atoms with Crippen LogP contribution >= 0.6 is 0 Å². The van der Waals surface area contributed by atoms with Crippen molar-refractivity contribution in [1.82, 2.24) is 14.3 Å². The third-order valence-corrected chi connectivity index (χ3v) is 3.08. The molecule has 0 bridgehead atoms. The number of para-hydroxylation sites is 1. The average Bonchev–Trinajstić information content (AvgIpc) is 2.97. The number of benzene rings is 1. The van der Waals surface area contributed by atoms with E-state index in [2.05, 4.69) is 17.2 Å². The molecule has 4 heteroatoms. The molecule has 0 unspecified atom stereocenters. The first-order valence-corrected chi connectivity index (χ1v) is 5.79. The van der Waals surface area contributed by atoms with Crippen molar-refractivity contribution < 1.29 is 4.79 Å². The average molecular weight is 239 g/mol. The summed E-state index contributed by atoms with van der Waals surface area (Å²) in [6, 6.07) is 9.95. The molecule has 2 heterocycles. The second kappa shape index (κ2) is 4.14. The largest absolute Gasteiger partial charge is 0.348 e. The second-order valence-electron chi connectivity index (χ2n) is 4.32. The van der Waals surface area contributed by atoms with E-state index in [1.165, 1.54) is 0 Å². The maximum absolute atomic E-state index is 10.7. The molecule has 90 valence electrons. The lowest BCUT2D eigenvalue weighted by Crippen LogP contribution is -1.99. The van der Waals surface area contributed by atoms with Crippen LogP contribution in [-0.2, 0) is 13.6 Å². The molecule has 0 aliphatic heterocycles. The zero-order chi connectivity index (χ0) is 12.5. The highest BCUT2D eigenvalue weighted by Crippen LogP contribution is 2.18. The minimum atomic E-state index is 0.676. The van der Waals surface area contributed by atoms with Crippen LogP contribution in [0.2, 0.25) is 0 Å². The monoisotopic (exact) mass is 239 g/mol. The quantitative estimate of drug-likeness (QED) is 0.657. The van der Waals surface area contributed by atoms with Gasteiger partial charge in [0.15, 0.2) is 6.29 Å². The second-order valence-corrected chi connectivity index (χ2v) is 4.32. The number of aldehydes is 1. The Morgan fingerprint density at radius 3 is 2.89 bits per heavy atom. The van der Waals surface area contributed by atoms with Crippen LogP contribution in [0.3, 0.4) is 0 Å². The van der Waals surface area contributed by atoms with Crippen molar-refractivity contribution in [2.75, 3.05) is 0 Å². The maximum atomic E-state index is 10.7. The minimum absolute atomic E-state index is 0.676. The van der Waals surface area contributed by atoms with Gasteiger partial charge in [0.05, 0.1) is 17.8 Å². The Hall–Kier alpha value is -2.36. The Balaban J connectivity index is 2.02. The summed E-state index contributed by atoms with van der Waals surface area (Å²) in [7, 11) is 1.94. The fourth-order valence-electron chi connectivity index (χ4n) is 2.21. The number of carbonyl (C=O) groups excluding carboxylic acids is 1. The lowest BCUT2D eigenvalue weighted by Gasteiger charge is -1.99. The predicted molar refractivity (Wildman–Crippen MR) is 69.6 cm³/mol. The van der Waals surface area contributed by atoms with E-state index >= 15 is 0 Å². The summed E-state index contributed by atoms with van der Waals surface area (Å²) in [5, 5.41) is 5.68. The molecule has 3 rings (SSSR count). The van der Waals surface area contributed by atoms with Gasteiger partial charge in [0.2, 0.25) is 0 Å². The van der Waals surface area contributed by atoms with Crippen LogP contribution < -0.4 is 0 Å². The topological polar surface area (TPSA) is 39.8 Å². The van der Waals surface area contributed by atoms with E-state index in [4.69, 9.17) is 0 Å². The van der Waals surface area contributed by atoms with E-state index in [9.17, 15) is 4.79 Å². The predicted octanol–water partition coefficient (Wildman–Crippen LogP) is 2.24. The van der Waals surface area contributed by atoms with Gasteiger partial charge in [0.25, 0.3) is 0 Å². The van der Waals surface area contributed by atoms with Crippen LogP contribution in [-0.4, -0.2) is 20.6 Å². The number of rotatable bonds is 3. The van der Waals surface area contributed by atoms with Gasteiger partial charge in [-0.15, -0.1) is 0 Å². The molecule has 0 amide bonds. The molecule has 1 aromatic carbocycles. The molecule has 18 heavy (non-hydrogen) atoms. The van der Waals surface area contributed by atoms with Crippen LogP contribution in [0.15, 0.2) is 42.7 Å². The number of fused-ring (bicyclic) bond motifs is 1. The first kappa shape index (κ1) is 10.8. The van der Waals surface area contributed by atoms with Gasteiger partial charge in [0.1, 0.15) is 0 Å². The number of hydrogen-bond donors (Lipinski definition) is 0. The molecule has 0 aliphatic carbocycles. The Morgan fingerprint density at radius 1 is 1.28 bits per heavy atom. The summed E-state index contributed by atoms with van der Waals surface area (Å²) in [6.45, 7) is 0.676. The van der Waals surface area contributed by atoms with Crippen LogP contribution in [0.5, 0.6) is 0 Å². The number of hydrogen-bond acceptors (Lipinski definition) is 2. The highest BCUT2D eigenvalue weighted by atomic mass is 16.1. The summed E-state index contributed by atoms with van der Waals surface area (Å²) in [5.74, 6) is 0. The first-order valence-electron chi connectivity index (χ1n) is 5.79. The molecular formula is C14H13N3O. The van der Waals surface area contributed by atoms with E-state index < -0.39 is 0 Å². The van der Waals surface area contributed by atoms with Gasteiger partial charge in [0, 0.05) is 30.4 Å². The summed E-state index contributed by atoms with van der Waals surface area (Å²) in [6.07, 6.45) is 4.58. The van der Waals surface area contributed by atoms with Gasteiger partial charge in [-0.25, -0.2) is 0 Å². The lowest BCUT2D eigenvalue weighted by atomic mass is 10.2. The SMILES string of the molecule is Cn1nc(Cn2ccc(C=O)c2)c2ccccc21. The highest BCUT2D eigenvalue weighted by molar-refractivity contribution is 5.81. The number of aryl methyl sites for hydroxylation is 1. The van der Waals surface area contributed by atoms with Gasteiger partial charge in [-0.3, -0.25) is 9.48 Å². The Kier molecular flexibility index (Phi) is 2.48. The maximum Gasteiger partial charge on any atom is 0.151 e. The van der Waals surface area contributed by atoms with Gasteiger partial charge >= 0.3 is 0 Å². The fraction of sp³-hybridized carbons (Fsp3) is 0.143. The number of nitrogens with zero attached hydrogens (tertiary/aromatic N) is 3. The zero-order valence-corrected chi connectivity index (χ0v) is 10.1. The van der Waals surface area contributed by atoms with Crippen molar-refractivity contribution in [1.29, 1.82) is 0 Å². The molecule has 0 saturated carbocycles. The van der Waals surface area contributed by atoms with Gasteiger partial charge in [-0.05, 0) is 12.1 Å². The molecule has 0 aliphatic rings. The summed E-state index contributed by atoms with van der Waals surface area (Å²) in [4.78, 5) is 10.7. The van der Waals surface area contributed by atoms with Crippen molar-refractivity contribution in [2.45, 2.75) is 6.54 Å². The van der Waals surface area contributed by atoms with Crippen LogP contribution in [0.25, 0.3) is 10.9 Å². The molecular weight excluding hydrogens is 226 g/mol. The van der Waals surface area contributed by atoms with Crippen molar-refractivity contribution in [3.8, 4) is 0 Å². The van der Waals surface area contributed by atoms with E-state index in [-0.39, 0.29) is 0 Å². The van der Waals surface area contributed by atoms with E-state index in [0.717, 1.165) is 22.9 Å². The van der Waals surface area contributed by atoms with Crippen molar-refractivity contribution in [2.24, 2.45) is 7.05 Å². The van der Waals surface area contributed by atoms with E-state index in [0.29, 0.717) is 12.1 Å². The van der Waals surface area contributed by atoms with Gasteiger partial charge in [-0.1, -0.05) is 18.2 Å².